The van der Waals surface area contributed by atoms with E-state index in [0.29, 0.717) is 42.0 Å². The average molecular weight is 540 g/mol. The van der Waals surface area contributed by atoms with Crippen molar-refractivity contribution in [3.05, 3.63) is 58.5 Å². The third-order valence-electron chi connectivity index (χ3n) is 6.08. The third kappa shape index (κ3) is 5.84. The van der Waals surface area contributed by atoms with Gasteiger partial charge in [-0.15, -0.1) is 0 Å². The van der Waals surface area contributed by atoms with Crippen LogP contribution in [-0.4, -0.2) is 43.5 Å². The molecule has 1 aliphatic rings. The maximum atomic E-state index is 13.3. The molecule has 1 amide bonds. The van der Waals surface area contributed by atoms with Crippen LogP contribution < -0.4 is 14.8 Å². The van der Waals surface area contributed by atoms with E-state index in [9.17, 15) is 13.2 Å². The van der Waals surface area contributed by atoms with Gasteiger partial charge in [0.2, 0.25) is 0 Å². The van der Waals surface area contributed by atoms with E-state index < -0.39 is 10.0 Å². The Labute approximate surface area is 220 Å². The number of anilines is 1. The van der Waals surface area contributed by atoms with E-state index in [4.69, 9.17) is 14.0 Å². The zero-order valence-corrected chi connectivity index (χ0v) is 22.4. The van der Waals surface area contributed by atoms with Gasteiger partial charge in [-0.25, -0.2) is 8.42 Å². The lowest BCUT2D eigenvalue weighted by Crippen LogP contribution is -2.21. The van der Waals surface area contributed by atoms with Crippen molar-refractivity contribution in [1.29, 1.82) is 0 Å². The van der Waals surface area contributed by atoms with Crippen LogP contribution in [0, 0.1) is 17.8 Å². The first-order valence-corrected chi connectivity index (χ1v) is 13.4. The molecule has 0 aliphatic heterocycles. The Morgan fingerprint density at radius 2 is 2.08 bits per heavy atom. The van der Waals surface area contributed by atoms with Crippen LogP contribution >= 0.6 is 0 Å². The fourth-order valence-corrected chi connectivity index (χ4v) is 5.51. The van der Waals surface area contributed by atoms with Gasteiger partial charge in [0.25, 0.3) is 15.9 Å². The van der Waals surface area contributed by atoms with Crippen LogP contribution in [0.15, 0.2) is 51.9 Å². The van der Waals surface area contributed by atoms with Crippen molar-refractivity contribution in [1.82, 2.24) is 20.3 Å². The monoisotopic (exact) mass is 539 g/mol. The van der Waals surface area contributed by atoms with Gasteiger partial charge in [-0.05, 0) is 55.4 Å². The summed E-state index contributed by atoms with van der Waals surface area (Å²) >= 11 is 0. The molecule has 2 N–H and O–H groups in total. The number of hydrogen-bond acceptors (Lipinski definition) is 8. The van der Waals surface area contributed by atoms with Crippen LogP contribution in [0.4, 0.5) is 5.82 Å². The predicted molar refractivity (Wildman–Crippen MR) is 141 cm³/mol. The average Bonchev–Trinajstić information content (AvgIpc) is 3.53. The molecule has 1 unspecified atom stereocenters. The van der Waals surface area contributed by atoms with Gasteiger partial charge >= 0.3 is 0 Å². The molecule has 0 spiro atoms. The second-order valence-electron chi connectivity index (χ2n) is 8.63. The molecule has 0 saturated carbocycles. The highest BCUT2D eigenvalue weighted by Crippen LogP contribution is 2.36. The quantitative estimate of drug-likeness (QED) is 0.375. The molecule has 0 fully saturated rings. The molecule has 1 aliphatic carbocycles. The van der Waals surface area contributed by atoms with E-state index in [1.54, 1.807) is 42.2 Å². The molecule has 0 saturated heterocycles. The Morgan fingerprint density at radius 1 is 1.26 bits per heavy atom. The number of amides is 1. The van der Waals surface area contributed by atoms with Gasteiger partial charge in [0.1, 0.15) is 21.8 Å². The number of nitrogens with one attached hydrogen (secondary N) is 2. The molecular formula is C26H29N5O6S. The van der Waals surface area contributed by atoms with Gasteiger partial charge in [-0.2, -0.15) is 5.10 Å². The summed E-state index contributed by atoms with van der Waals surface area (Å²) in [7, 11) is -1.05. The van der Waals surface area contributed by atoms with Crippen LogP contribution in [-0.2, 0) is 32.6 Å². The summed E-state index contributed by atoms with van der Waals surface area (Å²) in [6.45, 7) is 4.28. The highest BCUT2D eigenvalue weighted by atomic mass is 32.2. The molecule has 0 bridgehead atoms. The summed E-state index contributed by atoms with van der Waals surface area (Å²) in [5.41, 5.74) is 1.96. The Morgan fingerprint density at radius 3 is 2.79 bits per heavy atom. The summed E-state index contributed by atoms with van der Waals surface area (Å²) in [5, 5.41) is 11.4. The van der Waals surface area contributed by atoms with Crippen LogP contribution in [0.3, 0.4) is 0 Å². The molecular weight excluding hydrogens is 510 g/mol. The van der Waals surface area contributed by atoms with Crippen LogP contribution in [0.25, 0.3) is 11.0 Å². The van der Waals surface area contributed by atoms with Crippen molar-refractivity contribution in [2.75, 3.05) is 18.9 Å². The number of carbonyl (C=O) groups excluding carboxylic acids is 1. The fraction of sp³-hybridized carbons (Fsp3) is 0.346. The fourth-order valence-electron chi connectivity index (χ4n) is 4.14. The number of aromatic nitrogens is 3. The minimum atomic E-state index is -3.98. The van der Waals surface area contributed by atoms with E-state index >= 15 is 0 Å². The molecule has 12 heteroatoms. The van der Waals surface area contributed by atoms with Crippen LogP contribution in [0.2, 0.25) is 0 Å². The number of rotatable bonds is 10. The molecule has 11 nitrogen and oxygen atoms in total. The lowest BCUT2D eigenvalue weighted by molar-refractivity contribution is -0.115. The van der Waals surface area contributed by atoms with Gasteiger partial charge in [0.15, 0.2) is 11.4 Å². The van der Waals surface area contributed by atoms with Gasteiger partial charge in [-0.1, -0.05) is 24.1 Å². The first-order chi connectivity index (χ1) is 18.3. The highest BCUT2D eigenvalue weighted by molar-refractivity contribution is 7.96. The van der Waals surface area contributed by atoms with E-state index in [1.807, 2.05) is 13.0 Å². The van der Waals surface area contributed by atoms with E-state index in [2.05, 4.69) is 32.1 Å². The molecule has 200 valence electrons. The number of methoxy groups -OCH3 is 2. The SMILES string of the molecule is CC#CC(=O)NCc1cnn(Cc2cc(OC)c3c(NS(=O)(=O)C4=C(OC)C=CC(CC)C4)noc3c2)c1. The zero-order valence-electron chi connectivity index (χ0n) is 21.6. The predicted octanol–water partition coefficient (Wildman–Crippen LogP) is 3.31. The maximum Gasteiger partial charge on any atom is 0.296 e. The highest BCUT2D eigenvalue weighted by Gasteiger charge is 2.29. The summed E-state index contributed by atoms with van der Waals surface area (Å²) in [6, 6.07) is 3.52. The number of carbonyl (C=O) groups is 1. The molecule has 0 radical (unpaired) electrons. The van der Waals surface area contributed by atoms with E-state index in [0.717, 1.165) is 17.5 Å². The number of fused-ring (bicyclic) bond motifs is 1. The molecule has 2 heterocycles. The molecule has 4 rings (SSSR count). The number of benzene rings is 1. The van der Waals surface area contributed by atoms with Gasteiger partial charge < -0.3 is 19.3 Å². The Kier molecular flexibility index (Phi) is 8.07. The molecule has 2 aromatic heterocycles. The first-order valence-electron chi connectivity index (χ1n) is 11.9. The molecule has 38 heavy (non-hydrogen) atoms. The van der Waals surface area contributed by atoms with Gasteiger partial charge in [0.05, 0.1) is 27.0 Å². The molecule has 1 atom stereocenters. The van der Waals surface area contributed by atoms with Crippen molar-refractivity contribution in [2.24, 2.45) is 5.92 Å². The minimum Gasteiger partial charge on any atom is -0.496 e. The number of hydrogen-bond donors (Lipinski definition) is 2. The summed E-state index contributed by atoms with van der Waals surface area (Å²) < 4.78 is 47.3. The minimum absolute atomic E-state index is 0.0289. The molecule has 3 aromatic rings. The van der Waals surface area contributed by atoms with Crippen LogP contribution in [0.1, 0.15) is 37.8 Å². The van der Waals surface area contributed by atoms with Crippen molar-refractivity contribution < 1.29 is 27.2 Å². The number of nitrogens with zero attached hydrogens (tertiary/aromatic N) is 3. The standard InChI is InChI=1S/C26H29N5O6S/c1-5-7-24(32)27-13-19-14-28-31(16-19)15-18-10-21(36-4)25-22(11-18)37-29-26(25)30-38(33,34)23-12-17(6-2)8-9-20(23)35-3/h8-11,14,16-17H,6,12-13,15H2,1-4H3,(H,27,32)(H,29,30). The first kappa shape index (κ1) is 26.8. The lowest BCUT2D eigenvalue weighted by atomic mass is 9.97. The Bertz CT molecular complexity index is 1570. The maximum absolute atomic E-state index is 13.3. The third-order valence-corrected chi connectivity index (χ3v) is 7.56. The Balaban J connectivity index is 1.57. The van der Waals surface area contributed by atoms with Crippen molar-refractivity contribution in [2.45, 2.75) is 39.8 Å². The topological polar surface area (TPSA) is 138 Å². The number of allylic oxidation sites excluding steroid dienone is 3. The van der Waals surface area contributed by atoms with Crippen molar-refractivity contribution in [3.8, 4) is 17.6 Å². The summed E-state index contributed by atoms with van der Waals surface area (Å²) in [4.78, 5) is 11.7. The van der Waals surface area contributed by atoms with Crippen molar-refractivity contribution in [3.63, 3.8) is 0 Å². The number of ether oxygens (including phenoxy) is 2. The second-order valence-corrected chi connectivity index (χ2v) is 10.3. The van der Waals surface area contributed by atoms with Crippen molar-refractivity contribution >= 4 is 32.7 Å². The summed E-state index contributed by atoms with van der Waals surface area (Å²) in [6.07, 6.45) is 8.23. The van der Waals surface area contributed by atoms with E-state index in [1.165, 1.54) is 14.2 Å². The molecule has 1 aromatic carbocycles. The lowest BCUT2D eigenvalue weighted by Gasteiger charge is -2.20. The number of sulfonamides is 1. The largest absolute Gasteiger partial charge is 0.496 e. The second kappa shape index (κ2) is 11.4. The van der Waals surface area contributed by atoms with Gasteiger partial charge in [0, 0.05) is 18.3 Å². The van der Waals surface area contributed by atoms with Crippen LogP contribution in [0.5, 0.6) is 5.75 Å². The zero-order chi connectivity index (χ0) is 27.3. The normalized spacial score (nSPS) is 15.2. The Hall–Kier alpha value is -4.24. The van der Waals surface area contributed by atoms with E-state index in [-0.39, 0.29) is 22.5 Å². The van der Waals surface area contributed by atoms with Gasteiger partial charge in [-0.3, -0.25) is 14.2 Å². The smallest absolute Gasteiger partial charge is 0.296 e. The summed E-state index contributed by atoms with van der Waals surface area (Å²) in [5.74, 6) is 5.43.